The summed E-state index contributed by atoms with van der Waals surface area (Å²) in [4.78, 5) is 0. The van der Waals surface area contributed by atoms with Gasteiger partial charge in [0.25, 0.3) is 0 Å². The van der Waals surface area contributed by atoms with Crippen molar-refractivity contribution in [3.05, 3.63) is 41.1 Å². The number of nitrogens with zero attached hydrogens (tertiary/aromatic N) is 1. The summed E-state index contributed by atoms with van der Waals surface area (Å²) in [6.45, 7) is 3.85. The molecule has 0 aliphatic carbocycles. The zero-order chi connectivity index (χ0) is 13.9. The zero-order valence-electron chi connectivity index (χ0n) is 11.3. The fraction of sp³-hybridized carbons (Fsp3) is 0.286. The van der Waals surface area contributed by atoms with Gasteiger partial charge in [-0.15, -0.1) is 0 Å². The normalized spacial score (nSPS) is 13.7. The van der Waals surface area contributed by atoms with Gasteiger partial charge in [-0.2, -0.15) is 5.10 Å². The van der Waals surface area contributed by atoms with Crippen molar-refractivity contribution < 1.29 is 0 Å². The van der Waals surface area contributed by atoms with E-state index in [1.807, 2.05) is 31.2 Å². The van der Waals surface area contributed by atoms with Gasteiger partial charge < -0.3 is 16.0 Å². The third-order valence-electron chi connectivity index (χ3n) is 3.43. The molecule has 2 aromatic rings. The Hall–Kier alpha value is -1.92. The Labute approximate surface area is 123 Å². The van der Waals surface area contributed by atoms with Crippen LogP contribution < -0.4 is 16.0 Å². The van der Waals surface area contributed by atoms with Gasteiger partial charge in [0.1, 0.15) is 0 Å². The third-order valence-corrected chi connectivity index (χ3v) is 3.64. The number of aryl methyl sites for hydroxylation is 1. The van der Waals surface area contributed by atoms with E-state index in [9.17, 15) is 0 Å². The predicted molar refractivity (Wildman–Crippen MR) is 85.0 cm³/mol. The molecular formula is C14H17N5S. The highest BCUT2D eigenvalue weighted by atomic mass is 32.1. The van der Waals surface area contributed by atoms with Crippen LogP contribution in [0.2, 0.25) is 0 Å². The quantitative estimate of drug-likeness (QED) is 0.638. The molecule has 4 N–H and O–H groups in total. The first-order chi connectivity index (χ1) is 9.74. The molecule has 0 spiro atoms. The summed E-state index contributed by atoms with van der Waals surface area (Å²) in [6, 6.07) is 8.04. The standard InChI is InChI=1S/C14H17N5S/c1-9-4-2-3-5-11(9)16-14(20)17-13-10-8-15-7-6-12(10)18-19-13/h2-5,15H,6-8H2,1H3,(H3,16,17,18,19,20). The molecule has 0 radical (unpaired) electrons. The number of H-pyrrole nitrogens is 1. The largest absolute Gasteiger partial charge is 0.332 e. The molecular weight excluding hydrogens is 270 g/mol. The lowest BCUT2D eigenvalue weighted by Crippen LogP contribution is -2.25. The van der Waals surface area contributed by atoms with Crippen molar-refractivity contribution in [3.8, 4) is 0 Å². The molecule has 3 rings (SSSR count). The first-order valence-electron chi connectivity index (χ1n) is 6.64. The summed E-state index contributed by atoms with van der Waals surface area (Å²) < 4.78 is 0. The Bertz CT molecular complexity index is 634. The molecule has 20 heavy (non-hydrogen) atoms. The highest BCUT2D eigenvalue weighted by molar-refractivity contribution is 7.80. The van der Waals surface area contributed by atoms with Gasteiger partial charge >= 0.3 is 0 Å². The highest BCUT2D eigenvalue weighted by Gasteiger charge is 2.17. The van der Waals surface area contributed by atoms with Crippen LogP contribution in [-0.4, -0.2) is 21.9 Å². The Balaban J connectivity index is 1.70. The molecule has 1 aliphatic heterocycles. The monoisotopic (exact) mass is 287 g/mol. The summed E-state index contributed by atoms with van der Waals surface area (Å²) in [5, 5.41) is 17.6. The zero-order valence-corrected chi connectivity index (χ0v) is 12.1. The van der Waals surface area contributed by atoms with E-state index in [2.05, 4.69) is 26.1 Å². The van der Waals surface area contributed by atoms with Crippen LogP contribution in [-0.2, 0) is 13.0 Å². The number of aromatic nitrogens is 2. The number of hydrogen-bond donors (Lipinski definition) is 4. The van der Waals surface area contributed by atoms with E-state index in [0.717, 1.165) is 36.6 Å². The van der Waals surface area contributed by atoms with Gasteiger partial charge in [0.15, 0.2) is 10.9 Å². The van der Waals surface area contributed by atoms with Crippen molar-refractivity contribution in [1.29, 1.82) is 0 Å². The van der Waals surface area contributed by atoms with Crippen LogP contribution in [0.15, 0.2) is 24.3 Å². The van der Waals surface area contributed by atoms with Crippen LogP contribution >= 0.6 is 12.2 Å². The molecule has 0 fully saturated rings. The average Bonchev–Trinajstić information content (AvgIpc) is 2.85. The Morgan fingerprint density at radius 3 is 3.00 bits per heavy atom. The molecule has 0 amide bonds. The second-order valence-corrected chi connectivity index (χ2v) is 5.26. The number of rotatable bonds is 2. The molecule has 0 atom stereocenters. The molecule has 6 heteroatoms. The molecule has 0 saturated carbocycles. The minimum absolute atomic E-state index is 0.555. The lowest BCUT2D eigenvalue weighted by molar-refractivity contribution is 0.637. The number of nitrogens with one attached hydrogen (secondary N) is 4. The number of hydrogen-bond acceptors (Lipinski definition) is 3. The summed E-state index contributed by atoms with van der Waals surface area (Å²) in [7, 11) is 0. The first kappa shape index (κ1) is 13.1. The summed E-state index contributed by atoms with van der Waals surface area (Å²) in [5.41, 5.74) is 4.52. The maximum atomic E-state index is 5.35. The molecule has 0 saturated heterocycles. The second-order valence-electron chi connectivity index (χ2n) is 4.85. The Kier molecular flexibility index (Phi) is 3.66. The van der Waals surface area contributed by atoms with E-state index in [4.69, 9.17) is 12.2 Å². The van der Waals surface area contributed by atoms with E-state index in [-0.39, 0.29) is 0 Å². The molecule has 0 bridgehead atoms. The second kappa shape index (κ2) is 5.60. The van der Waals surface area contributed by atoms with Crippen molar-refractivity contribution >= 4 is 28.8 Å². The molecule has 104 valence electrons. The van der Waals surface area contributed by atoms with E-state index in [0.29, 0.717) is 5.11 Å². The maximum absolute atomic E-state index is 5.35. The number of para-hydroxylation sites is 1. The van der Waals surface area contributed by atoms with Gasteiger partial charge in [0, 0.05) is 36.5 Å². The highest BCUT2D eigenvalue weighted by Crippen LogP contribution is 2.20. The van der Waals surface area contributed by atoms with Gasteiger partial charge in [0.05, 0.1) is 0 Å². The summed E-state index contributed by atoms with van der Waals surface area (Å²) in [6.07, 6.45) is 0.974. The van der Waals surface area contributed by atoms with Crippen LogP contribution in [0.4, 0.5) is 11.5 Å². The molecule has 1 aromatic heterocycles. The minimum atomic E-state index is 0.555. The predicted octanol–water partition coefficient (Wildman–Crippen LogP) is 2.17. The van der Waals surface area contributed by atoms with Gasteiger partial charge in [0.2, 0.25) is 0 Å². The van der Waals surface area contributed by atoms with E-state index in [1.165, 1.54) is 11.3 Å². The van der Waals surface area contributed by atoms with Crippen LogP contribution in [0.3, 0.4) is 0 Å². The third kappa shape index (κ3) is 2.66. The number of fused-ring (bicyclic) bond motifs is 1. The van der Waals surface area contributed by atoms with Crippen molar-refractivity contribution in [2.75, 3.05) is 17.2 Å². The van der Waals surface area contributed by atoms with Crippen molar-refractivity contribution in [3.63, 3.8) is 0 Å². The summed E-state index contributed by atoms with van der Waals surface area (Å²) >= 11 is 5.35. The van der Waals surface area contributed by atoms with Crippen molar-refractivity contribution in [1.82, 2.24) is 15.5 Å². The maximum Gasteiger partial charge on any atom is 0.176 e. The van der Waals surface area contributed by atoms with Gasteiger partial charge in [-0.3, -0.25) is 5.10 Å². The molecule has 1 aliphatic rings. The fourth-order valence-electron chi connectivity index (χ4n) is 2.30. The lowest BCUT2D eigenvalue weighted by atomic mass is 10.1. The van der Waals surface area contributed by atoms with Crippen LogP contribution in [0.1, 0.15) is 16.8 Å². The topological polar surface area (TPSA) is 64.8 Å². The summed E-state index contributed by atoms with van der Waals surface area (Å²) in [5.74, 6) is 0.804. The van der Waals surface area contributed by atoms with Gasteiger partial charge in [-0.05, 0) is 30.8 Å². The molecule has 0 unspecified atom stereocenters. The first-order valence-corrected chi connectivity index (χ1v) is 7.05. The minimum Gasteiger partial charge on any atom is -0.332 e. The molecule has 5 nitrogen and oxygen atoms in total. The van der Waals surface area contributed by atoms with E-state index >= 15 is 0 Å². The number of benzene rings is 1. The molecule has 1 aromatic carbocycles. The fourth-order valence-corrected chi connectivity index (χ4v) is 2.51. The number of anilines is 2. The number of aromatic amines is 1. The smallest absolute Gasteiger partial charge is 0.176 e. The number of thiocarbonyl (C=S) groups is 1. The molecule has 2 heterocycles. The van der Waals surface area contributed by atoms with Crippen molar-refractivity contribution in [2.24, 2.45) is 0 Å². The van der Waals surface area contributed by atoms with Crippen LogP contribution in [0, 0.1) is 6.92 Å². The lowest BCUT2D eigenvalue weighted by Gasteiger charge is -2.15. The SMILES string of the molecule is Cc1ccccc1NC(=S)Nc1n[nH]c2c1CNCC2. The van der Waals surface area contributed by atoms with E-state index < -0.39 is 0 Å². The Morgan fingerprint density at radius 2 is 2.15 bits per heavy atom. The Morgan fingerprint density at radius 1 is 1.30 bits per heavy atom. The van der Waals surface area contributed by atoms with Crippen LogP contribution in [0.5, 0.6) is 0 Å². The van der Waals surface area contributed by atoms with Gasteiger partial charge in [-0.1, -0.05) is 18.2 Å². The average molecular weight is 287 g/mol. The van der Waals surface area contributed by atoms with Gasteiger partial charge in [-0.25, -0.2) is 0 Å². The van der Waals surface area contributed by atoms with Crippen molar-refractivity contribution in [2.45, 2.75) is 19.9 Å². The van der Waals surface area contributed by atoms with Crippen LogP contribution in [0.25, 0.3) is 0 Å². The van der Waals surface area contributed by atoms with E-state index in [1.54, 1.807) is 0 Å².